The summed E-state index contributed by atoms with van der Waals surface area (Å²) in [5.41, 5.74) is -0.225. The molecule has 0 fully saturated rings. The van der Waals surface area contributed by atoms with Gasteiger partial charge in [0.15, 0.2) is 0 Å². The molecule has 1 aromatic heterocycles. The van der Waals surface area contributed by atoms with Gasteiger partial charge in [-0.3, -0.25) is 5.10 Å². The molecule has 7 heteroatoms. The molecule has 0 saturated heterocycles. The van der Waals surface area contributed by atoms with E-state index in [-0.39, 0.29) is 11.2 Å². The molecule has 98 valence electrons. The van der Waals surface area contributed by atoms with Crippen LogP contribution in [0.2, 0.25) is 0 Å². The van der Waals surface area contributed by atoms with Gasteiger partial charge in [-0.15, -0.1) is 0 Å². The van der Waals surface area contributed by atoms with Crippen molar-refractivity contribution in [2.24, 2.45) is 5.41 Å². The predicted molar refractivity (Wildman–Crippen MR) is 65.9 cm³/mol. The van der Waals surface area contributed by atoms with E-state index in [2.05, 4.69) is 19.9 Å². The number of sulfonamides is 1. The average Bonchev–Trinajstić information content (AvgIpc) is 2.60. The summed E-state index contributed by atoms with van der Waals surface area (Å²) in [5.74, 6) is 0.919. The molecule has 6 nitrogen and oxygen atoms in total. The number of aromatic nitrogens is 3. The summed E-state index contributed by atoms with van der Waals surface area (Å²) in [7, 11) is -3.18. The molecule has 17 heavy (non-hydrogen) atoms. The standard InChI is InChI=1S/C10H20N4O2S/c1-10(2,3)7-17(15,16)13-6-4-5-9-11-8-12-14-9/h8,13H,4-7H2,1-3H3,(H,11,12,14). The van der Waals surface area contributed by atoms with E-state index in [1.54, 1.807) is 0 Å². The first-order chi connectivity index (χ1) is 7.79. The summed E-state index contributed by atoms with van der Waals surface area (Å²) in [4.78, 5) is 3.97. The maximum Gasteiger partial charge on any atom is 0.212 e. The zero-order valence-electron chi connectivity index (χ0n) is 10.5. The fourth-order valence-corrected chi connectivity index (χ4v) is 3.15. The Labute approximate surface area is 102 Å². The van der Waals surface area contributed by atoms with Crippen molar-refractivity contribution in [1.82, 2.24) is 19.9 Å². The Hall–Kier alpha value is -0.950. The minimum absolute atomic E-state index is 0.141. The van der Waals surface area contributed by atoms with Gasteiger partial charge in [0.2, 0.25) is 10.0 Å². The molecule has 0 aromatic carbocycles. The molecule has 2 N–H and O–H groups in total. The summed E-state index contributed by atoms with van der Waals surface area (Å²) < 4.78 is 25.9. The van der Waals surface area contributed by atoms with Crippen LogP contribution >= 0.6 is 0 Å². The maximum atomic E-state index is 11.7. The smallest absolute Gasteiger partial charge is 0.212 e. The summed E-state index contributed by atoms with van der Waals surface area (Å²) in [6, 6.07) is 0. The second-order valence-corrected chi connectivity index (χ2v) is 7.06. The lowest BCUT2D eigenvalue weighted by molar-refractivity contribution is 0.457. The van der Waals surface area contributed by atoms with Gasteiger partial charge in [0, 0.05) is 13.0 Å². The topological polar surface area (TPSA) is 87.7 Å². The van der Waals surface area contributed by atoms with Crippen LogP contribution in [-0.4, -0.2) is 35.9 Å². The Balaban J connectivity index is 2.26. The number of H-pyrrole nitrogens is 1. The van der Waals surface area contributed by atoms with Crippen LogP contribution in [0.1, 0.15) is 33.0 Å². The van der Waals surface area contributed by atoms with Crippen molar-refractivity contribution < 1.29 is 8.42 Å². The molecule has 0 bridgehead atoms. The molecular weight excluding hydrogens is 240 g/mol. The molecule has 0 saturated carbocycles. The van der Waals surface area contributed by atoms with E-state index in [0.29, 0.717) is 19.4 Å². The number of hydrogen-bond acceptors (Lipinski definition) is 4. The molecule has 1 aromatic rings. The first kappa shape index (κ1) is 14.1. The largest absolute Gasteiger partial charge is 0.263 e. The number of rotatable bonds is 6. The van der Waals surface area contributed by atoms with E-state index in [1.165, 1.54) is 6.33 Å². The molecule has 0 aliphatic carbocycles. The summed E-state index contributed by atoms with van der Waals surface area (Å²) in [6.45, 7) is 6.14. The Morgan fingerprint density at radius 2 is 2.12 bits per heavy atom. The Morgan fingerprint density at radius 1 is 1.41 bits per heavy atom. The van der Waals surface area contributed by atoms with Crippen molar-refractivity contribution in [3.8, 4) is 0 Å². The van der Waals surface area contributed by atoms with Crippen molar-refractivity contribution in [2.75, 3.05) is 12.3 Å². The number of hydrogen-bond donors (Lipinski definition) is 2. The van der Waals surface area contributed by atoms with Crippen LogP contribution in [0.5, 0.6) is 0 Å². The zero-order chi connectivity index (χ0) is 12.9. The molecule has 0 radical (unpaired) electrons. The summed E-state index contributed by atoms with van der Waals surface area (Å²) >= 11 is 0. The molecule has 0 aliphatic heterocycles. The van der Waals surface area contributed by atoms with Crippen molar-refractivity contribution in [3.05, 3.63) is 12.2 Å². The fourth-order valence-electron chi connectivity index (χ4n) is 1.46. The van der Waals surface area contributed by atoms with Crippen LogP contribution in [0, 0.1) is 5.41 Å². The zero-order valence-corrected chi connectivity index (χ0v) is 11.3. The van der Waals surface area contributed by atoms with Gasteiger partial charge < -0.3 is 0 Å². The van der Waals surface area contributed by atoms with Crippen LogP contribution in [0.25, 0.3) is 0 Å². The number of nitrogens with one attached hydrogen (secondary N) is 2. The highest BCUT2D eigenvalue weighted by Gasteiger charge is 2.20. The van der Waals surface area contributed by atoms with Gasteiger partial charge in [0.05, 0.1) is 5.75 Å². The minimum atomic E-state index is -3.18. The number of aromatic amines is 1. The van der Waals surface area contributed by atoms with E-state index < -0.39 is 10.0 Å². The lowest BCUT2D eigenvalue weighted by Crippen LogP contribution is -2.33. The summed E-state index contributed by atoms with van der Waals surface area (Å²) in [6.07, 6.45) is 2.84. The molecule has 0 spiro atoms. The molecule has 0 unspecified atom stereocenters. The maximum absolute atomic E-state index is 11.7. The highest BCUT2D eigenvalue weighted by Crippen LogP contribution is 2.15. The third-order valence-corrected chi connectivity index (χ3v) is 3.89. The average molecular weight is 260 g/mol. The third-order valence-electron chi connectivity index (χ3n) is 2.00. The van der Waals surface area contributed by atoms with Crippen LogP contribution in [0.4, 0.5) is 0 Å². The third kappa shape index (κ3) is 6.38. The number of aryl methyl sites for hydroxylation is 1. The van der Waals surface area contributed by atoms with Gasteiger partial charge in [-0.2, -0.15) is 5.10 Å². The molecule has 0 amide bonds. The van der Waals surface area contributed by atoms with Gasteiger partial charge in [-0.1, -0.05) is 20.8 Å². The molecule has 0 atom stereocenters. The van der Waals surface area contributed by atoms with Crippen molar-refractivity contribution in [3.63, 3.8) is 0 Å². The predicted octanol–water partition coefficient (Wildman–Crippen LogP) is 0.703. The highest BCUT2D eigenvalue weighted by molar-refractivity contribution is 7.89. The normalized spacial score (nSPS) is 12.9. The van der Waals surface area contributed by atoms with E-state index in [4.69, 9.17) is 0 Å². The molecular formula is C10H20N4O2S. The van der Waals surface area contributed by atoms with E-state index in [0.717, 1.165) is 5.82 Å². The van der Waals surface area contributed by atoms with Gasteiger partial charge >= 0.3 is 0 Å². The summed E-state index contributed by atoms with van der Waals surface area (Å²) in [5, 5.41) is 6.46. The van der Waals surface area contributed by atoms with E-state index >= 15 is 0 Å². The van der Waals surface area contributed by atoms with Crippen LogP contribution in [0.3, 0.4) is 0 Å². The lowest BCUT2D eigenvalue weighted by atomic mass is 10.0. The fraction of sp³-hybridized carbons (Fsp3) is 0.800. The monoisotopic (exact) mass is 260 g/mol. The molecule has 1 rings (SSSR count). The number of nitrogens with zero attached hydrogens (tertiary/aromatic N) is 2. The van der Waals surface area contributed by atoms with Crippen LogP contribution in [0.15, 0.2) is 6.33 Å². The highest BCUT2D eigenvalue weighted by atomic mass is 32.2. The second-order valence-electron chi connectivity index (χ2n) is 5.25. The minimum Gasteiger partial charge on any atom is -0.263 e. The molecule has 1 heterocycles. The lowest BCUT2D eigenvalue weighted by Gasteiger charge is -2.18. The van der Waals surface area contributed by atoms with E-state index in [1.807, 2.05) is 20.8 Å². The quantitative estimate of drug-likeness (QED) is 0.737. The molecule has 0 aliphatic rings. The van der Waals surface area contributed by atoms with Gasteiger partial charge in [0.25, 0.3) is 0 Å². The Bertz CT molecular complexity index is 420. The second kappa shape index (κ2) is 5.59. The SMILES string of the molecule is CC(C)(C)CS(=O)(=O)NCCCc1ncn[nH]1. The Morgan fingerprint density at radius 3 is 2.65 bits per heavy atom. The van der Waals surface area contributed by atoms with Gasteiger partial charge in [-0.05, 0) is 11.8 Å². The van der Waals surface area contributed by atoms with Crippen molar-refractivity contribution in [2.45, 2.75) is 33.6 Å². The van der Waals surface area contributed by atoms with Crippen LogP contribution < -0.4 is 4.72 Å². The van der Waals surface area contributed by atoms with Crippen LogP contribution in [-0.2, 0) is 16.4 Å². The van der Waals surface area contributed by atoms with Crippen molar-refractivity contribution >= 4 is 10.0 Å². The first-order valence-corrected chi connectivity index (χ1v) is 7.25. The van der Waals surface area contributed by atoms with E-state index in [9.17, 15) is 8.42 Å². The Kier molecular flexibility index (Phi) is 4.64. The van der Waals surface area contributed by atoms with Crippen molar-refractivity contribution in [1.29, 1.82) is 0 Å². The van der Waals surface area contributed by atoms with Gasteiger partial charge in [-0.25, -0.2) is 18.1 Å². The first-order valence-electron chi connectivity index (χ1n) is 5.60. The van der Waals surface area contributed by atoms with Gasteiger partial charge in [0.1, 0.15) is 12.2 Å².